The summed E-state index contributed by atoms with van der Waals surface area (Å²) in [5.74, 6) is 1.16. The van der Waals surface area contributed by atoms with E-state index < -0.39 is 27.3 Å². The van der Waals surface area contributed by atoms with Crippen LogP contribution in [0.3, 0.4) is 0 Å². The van der Waals surface area contributed by atoms with Crippen molar-refractivity contribution in [3.8, 4) is 5.88 Å². The third kappa shape index (κ3) is 6.46. The summed E-state index contributed by atoms with van der Waals surface area (Å²) >= 11 is 0. The molecule has 12 heteroatoms. The smallest absolute Gasteiger partial charge is 0.405 e. The van der Waals surface area contributed by atoms with Gasteiger partial charge in [-0.25, -0.2) is 22.6 Å². The van der Waals surface area contributed by atoms with E-state index in [1.54, 1.807) is 26.1 Å². The number of aromatic nitrogens is 2. The Morgan fingerprint density at radius 1 is 1.27 bits per heavy atom. The molecule has 4 saturated carbocycles. The highest BCUT2D eigenvalue weighted by atomic mass is 32.2. The molecule has 1 aromatic rings. The summed E-state index contributed by atoms with van der Waals surface area (Å²) in [5, 5.41) is 7.57. The Morgan fingerprint density at radius 2 is 1.92 bits per heavy atom. The number of carbonyl (C=O) groups excluding carboxylic acids is 2. The van der Waals surface area contributed by atoms with Crippen LogP contribution in [0.2, 0.25) is 0 Å². The van der Waals surface area contributed by atoms with Gasteiger partial charge in [0.1, 0.15) is 11.2 Å². The zero-order valence-electron chi connectivity index (χ0n) is 22.2. The molecule has 4 N–H and O–H groups in total. The zero-order valence-corrected chi connectivity index (χ0v) is 23.0. The van der Waals surface area contributed by atoms with Crippen LogP contribution in [-0.4, -0.2) is 60.2 Å². The van der Waals surface area contributed by atoms with Crippen LogP contribution in [0.15, 0.2) is 12.3 Å². The molecule has 0 saturated heterocycles. The molecule has 2 atom stereocenters. The van der Waals surface area contributed by atoms with Crippen molar-refractivity contribution in [2.24, 2.45) is 29.4 Å². The third-order valence-electron chi connectivity index (χ3n) is 7.46. The molecule has 2 unspecified atom stereocenters. The number of nitrogens with one attached hydrogen (secondary N) is 2. The lowest BCUT2D eigenvalue weighted by molar-refractivity contribution is -0.137. The first-order chi connectivity index (χ1) is 17.2. The van der Waals surface area contributed by atoms with Crippen LogP contribution in [0.1, 0.15) is 70.2 Å². The standard InChI is InChI=1S/C25H39N5O6S/c1-15(2)14-35-22-19(13-27-30(22)7-6-24(3,4)29-37(5,33)34)21(31)28-20-17-8-16-9-18(20)12-25(10-16,11-17)36-23(26)32/h6-7,13,15-18,20,29H,8-12,14H2,1-5H3,(H2,26,32)(H,28,31)/b7-6+. The molecule has 4 aliphatic rings. The minimum absolute atomic E-state index is 0.0246. The molecule has 4 aliphatic carbocycles. The minimum atomic E-state index is -3.42. The Morgan fingerprint density at radius 3 is 2.49 bits per heavy atom. The van der Waals surface area contributed by atoms with Gasteiger partial charge in [0, 0.05) is 17.8 Å². The molecule has 0 aromatic carbocycles. The zero-order chi connectivity index (χ0) is 27.2. The Balaban J connectivity index is 1.53. The van der Waals surface area contributed by atoms with Crippen LogP contribution in [0, 0.1) is 23.7 Å². The molecule has 1 heterocycles. The normalized spacial score (nSPS) is 29.1. The number of hydrogen-bond donors (Lipinski definition) is 3. The fraction of sp³-hybridized carbons (Fsp3) is 0.720. The van der Waals surface area contributed by atoms with E-state index in [0.29, 0.717) is 36.8 Å². The topological polar surface area (TPSA) is 155 Å². The van der Waals surface area contributed by atoms with E-state index in [2.05, 4.69) is 15.1 Å². The summed E-state index contributed by atoms with van der Waals surface area (Å²) < 4.78 is 39.0. The van der Waals surface area contributed by atoms with Gasteiger partial charge in [-0.2, -0.15) is 5.10 Å². The summed E-state index contributed by atoms with van der Waals surface area (Å²) in [4.78, 5) is 25.0. The number of amides is 2. The molecule has 4 fully saturated rings. The second-order valence-electron chi connectivity index (χ2n) is 12.0. The number of nitrogens with two attached hydrogens (primary N) is 1. The quantitative estimate of drug-likeness (QED) is 0.414. The van der Waals surface area contributed by atoms with Crippen LogP contribution in [0.4, 0.5) is 4.79 Å². The summed E-state index contributed by atoms with van der Waals surface area (Å²) in [6, 6.07) is -0.0246. The maximum absolute atomic E-state index is 13.5. The Kier molecular flexibility index (Phi) is 7.37. The largest absolute Gasteiger partial charge is 0.477 e. The highest BCUT2D eigenvalue weighted by molar-refractivity contribution is 7.88. The van der Waals surface area contributed by atoms with Gasteiger partial charge >= 0.3 is 6.09 Å². The van der Waals surface area contributed by atoms with E-state index in [9.17, 15) is 18.0 Å². The molecular weight excluding hydrogens is 498 g/mol. The second-order valence-corrected chi connectivity index (χ2v) is 13.7. The Hall–Kier alpha value is -2.60. The number of hydrogen-bond acceptors (Lipinski definition) is 7. The van der Waals surface area contributed by atoms with Crippen molar-refractivity contribution >= 4 is 28.2 Å². The first kappa shape index (κ1) is 27.4. The molecule has 0 spiro atoms. The van der Waals surface area contributed by atoms with E-state index in [-0.39, 0.29) is 29.7 Å². The maximum Gasteiger partial charge on any atom is 0.405 e. The SMILES string of the molecule is CC(C)COc1c(C(=O)NC2C3CC4CC2CC(OC(N)=O)(C4)C3)cnn1/C=C/C(C)(C)NS(C)(=O)=O. The molecule has 0 radical (unpaired) electrons. The van der Waals surface area contributed by atoms with Crippen molar-refractivity contribution in [1.82, 2.24) is 19.8 Å². The number of nitrogens with zero attached hydrogens (tertiary/aromatic N) is 2. The van der Waals surface area contributed by atoms with Gasteiger partial charge in [0.15, 0.2) is 0 Å². The molecule has 0 aliphatic heterocycles. The second kappa shape index (κ2) is 9.94. The molecule has 37 heavy (non-hydrogen) atoms. The van der Waals surface area contributed by atoms with Gasteiger partial charge in [0.2, 0.25) is 15.9 Å². The summed E-state index contributed by atoms with van der Waals surface area (Å²) in [6.45, 7) is 7.84. The number of carbonyl (C=O) groups is 2. The number of ether oxygens (including phenoxy) is 2. The van der Waals surface area contributed by atoms with Gasteiger partial charge in [0.25, 0.3) is 5.91 Å². The van der Waals surface area contributed by atoms with Crippen LogP contribution in [0.5, 0.6) is 5.88 Å². The first-order valence-corrected chi connectivity index (χ1v) is 14.7. The Bertz CT molecular complexity index is 1160. The number of rotatable bonds is 10. The van der Waals surface area contributed by atoms with Gasteiger partial charge in [-0.05, 0) is 75.7 Å². The highest BCUT2D eigenvalue weighted by Crippen LogP contribution is 2.57. The van der Waals surface area contributed by atoms with Gasteiger partial charge in [0.05, 0.1) is 19.1 Å². The molecule has 2 amide bonds. The van der Waals surface area contributed by atoms with Crippen molar-refractivity contribution in [3.63, 3.8) is 0 Å². The van der Waals surface area contributed by atoms with Gasteiger partial charge in [-0.15, -0.1) is 0 Å². The molecule has 206 valence electrons. The molecule has 11 nitrogen and oxygen atoms in total. The number of primary amides is 1. The third-order valence-corrected chi connectivity index (χ3v) is 8.36. The average molecular weight is 538 g/mol. The predicted molar refractivity (Wildman–Crippen MR) is 138 cm³/mol. The minimum Gasteiger partial charge on any atom is -0.477 e. The van der Waals surface area contributed by atoms with Crippen LogP contribution in [0.25, 0.3) is 6.20 Å². The summed E-state index contributed by atoms with van der Waals surface area (Å²) in [6.07, 6.45) is 9.33. The van der Waals surface area contributed by atoms with Gasteiger partial charge < -0.3 is 20.5 Å². The van der Waals surface area contributed by atoms with E-state index >= 15 is 0 Å². The fourth-order valence-corrected chi connectivity index (χ4v) is 7.55. The van der Waals surface area contributed by atoms with Crippen molar-refractivity contribution < 1.29 is 27.5 Å². The summed E-state index contributed by atoms with van der Waals surface area (Å²) in [5.41, 5.74) is 4.30. The van der Waals surface area contributed by atoms with E-state index in [4.69, 9.17) is 15.2 Å². The van der Waals surface area contributed by atoms with Gasteiger partial charge in [-0.3, -0.25) is 4.79 Å². The van der Waals surface area contributed by atoms with Crippen molar-refractivity contribution in [2.75, 3.05) is 12.9 Å². The fourth-order valence-electron chi connectivity index (χ4n) is 6.52. The monoisotopic (exact) mass is 537 g/mol. The Labute approximate surface area is 218 Å². The molecule has 5 rings (SSSR count). The first-order valence-electron chi connectivity index (χ1n) is 12.8. The summed E-state index contributed by atoms with van der Waals surface area (Å²) in [7, 11) is -3.42. The van der Waals surface area contributed by atoms with Crippen molar-refractivity contribution in [2.45, 2.75) is 77.0 Å². The van der Waals surface area contributed by atoms with Crippen LogP contribution >= 0.6 is 0 Å². The lowest BCUT2D eigenvalue weighted by atomic mass is 9.52. The lowest BCUT2D eigenvalue weighted by Gasteiger charge is -2.58. The molecular formula is C25H39N5O6S. The van der Waals surface area contributed by atoms with Crippen molar-refractivity contribution in [1.29, 1.82) is 0 Å². The maximum atomic E-state index is 13.5. The van der Waals surface area contributed by atoms with Gasteiger partial charge in [-0.1, -0.05) is 13.8 Å². The van der Waals surface area contributed by atoms with Crippen LogP contribution < -0.4 is 20.5 Å². The number of sulfonamides is 1. The van der Waals surface area contributed by atoms with Crippen LogP contribution in [-0.2, 0) is 14.8 Å². The van der Waals surface area contributed by atoms with E-state index in [1.165, 1.54) is 10.9 Å². The molecule has 4 bridgehead atoms. The van der Waals surface area contributed by atoms with Crippen molar-refractivity contribution in [3.05, 3.63) is 17.8 Å². The van der Waals surface area contributed by atoms with E-state index in [1.807, 2.05) is 13.8 Å². The highest BCUT2D eigenvalue weighted by Gasteiger charge is 2.57. The lowest BCUT2D eigenvalue weighted by Crippen LogP contribution is -2.63. The molecule has 1 aromatic heterocycles. The van der Waals surface area contributed by atoms with E-state index in [0.717, 1.165) is 25.5 Å². The predicted octanol–water partition coefficient (Wildman–Crippen LogP) is 2.49. The average Bonchev–Trinajstić information content (AvgIpc) is 3.13.